The van der Waals surface area contributed by atoms with Crippen molar-refractivity contribution in [2.75, 3.05) is 29.9 Å². The Labute approximate surface area is 249 Å². The number of sulfone groups is 1. The number of benzene rings is 1. The number of hydrogen-bond donors (Lipinski definition) is 2. The minimum atomic E-state index is -3.09. The number of ether oxygens (including phenoxy) is 1. The number of carbonyl (C=O) groups excluding carboxylic acids is 1. The number of nitrogens with one attached hydrogen (secondary N) is 2. The third kappa shape index (κ3) is 7.14. The summed E-state index contributed by atoms with van der Waals surface area (Å²) in [4.78, 5) is 37.7. The molecule has 10 nitrogen and oxygen atoms in total. The number of carbonyl (C=O) groups is 1. The van der Waals surface area contributed by atoms with E-state index in [1.165, 1.54) is 23.4 Å². The smallest absolute Gasteiger partial charge is 0.410 e. The van der Waals surface area contributed by atoms with Gasteiger partial charge < -0.3 is 19.9 Å². The molecule has 1 amide bonds. The zero-order valence-corrected chi connectivity index (χ0v) is 25.5. The largest absolute Gasteiger partial charge is 0.444 e. The second-order valence-electron chi connectivity index (χ2n) is 12.6. The van der Waals surface area contributed by atoms with Gasteiger partial charge in [0.15, 0.2) is 0 Å². The molecule has 0 unspecified atom stereocenters. The summed E-state index contributed by atoms with van der Waals surface area (Å²) < 4.78 is 59.8. The van der Waals surface area contributed by atoms with Crippen LogP contribution < -0.4 is 10.9 Å². The lowest BCUT2D eigenvalue weighted by atomic mass is 9.89. The summed E-state index contributed by atoms with van der Waals surface area (Å²) in [5, 5.41) is 3.82. The molecule has 13 heteroatoms. The molecule has 2 aliphatic heterocycles. The summed E-state index contributed by atoms with van der Waals surface area (Å²) in [6.45, 7) is 7.57. The van der Waals surface area contributed by atoms with Gasteiger partial charge in [0.05, 0.1) is 16.9 Å². The maximum atomic E-state index is 15.4. The zero-order valence-electron chi connectivity index (χ0n) is 24.7. The van der Waals surface area contributed by atoms with E-state index in [2.05, 4.69) is 20.3 Å². The van der Waals surface area contributed by atoms with Crippen LogP contribution >= 0.6 is 0 Å². The zero-order chi connectivity index (χ0) is 31.2. The van der Waals surface area contributed by atoms with Crippen molar-refractivity contribution in [3.63, 3.8) is 0 Å². The summed E-state index contributed by atoms with van der Waals surface area (Å²) >= 11 is 0. The van der Waals surface area contributed by atoms with Crippen LogP contribution in [0.2, 0.25) is 0 Å². The van der Waals surface area contributed by atoms with E-state index in [0.717, 1.165) is 0 Å². The fourth-order valence-corrected chi connectivity index (χ4v) is 7.12. The summed E-state index contributed by atoms with van der Waals surface area (Å²) in [6, 6.07) is 7.51. The van der Waals surface area contributed by atoms with Crippen molar-refractivity contribution in [1.29, 1.82) is 0 Å². The van der Waals surface area contributed by atoms with E-state index >= 15 is 8.78 Å². The molecular weight excluding hydrogens is 580 g/mol. The van der Waals surface area contributed by atoms with Crippen molar-refractivity contribution in [3.8, 4) is 0 Å². The predicted octanol–water partition coefficient (Wildman–Crippen LogP) is 5.13. The van der Waals surface area contributed by atoms with E-state index in [1.807, 2.05) is 6.92 Å². The van der Waals surface area contributed by atoms with Gasteiger partial charge in [-0.05, 0) is 64.2 Å². The number of pyridine rings is 1. The van der Waals surface area contributed by atoms with Crippen molar-refractivity contribution in [2.24, 2.45) is 5.92 Å². The molecule has 0 saturated carbocycles. The fourth-order valence-electron chi connectivity index (χ4n) is 5.63. The molecule has 2 aliphatic rings. The number of halogens is 2. The summed E-state index contributed by atoms with van der Waals surface area (Å²) in [5.41, 5.74) is 0.357. The van der Waals surface area contributed by atoms with Crippen LogP contribution in [0.3, 0.4) is 0 Å². The van der Waals surface area contributed by atoms with Crippen LogP contribution in [0.5, 0.6) is 0 Å². The first-order chi connectivity index (χ1) is 20.1. The molecule has 2 aromatic heterocycles. The highest BCUT2D eigenvalue weighted by Crippen LogP contribution is 2.39. The Morgan fingerprint density at radius 1 is 1.16 bits per heavy atom. The lowest BCUT2D eigenvalue weighted by molar-refractivity contribution is -0.0612. The lowest BCUT2D eigenvalue weighted by Crippen LogP contribution is -2.52. The number of aromatic nitrogens is 3. The molecule has 2 fully saturated rings. The van der Waals surface area contributed by atoms with Crippen molar-refractivity contribution in [2.45, 2.75) is 70.4 Å². The van der Waals surface area contributed by atoms with E-state index in [4.69, 9.17) is 4.74 Å². The van der Waals surface area contributed by atoms with Crippen LogP contribution in [0.15, 0.2) is 41.5 Å². The van der Waals surface area contributed by atoms with Crippen molar-refractivity contribution in [1.82, 2.24) is 19.9 Å². The minimum absolute atomic E-state index is 0.0340. The number of aromatic amines is 1. The Hall–Kier alpha value is -3.61. The lowest BCUT2D eigenvalue weighted by Gasteiger charge is -2.41. The van der Waals surface area contributed by atoms with E-state index in [0.29, 0.717) is 40.8 Å². The number of alkyl halides is 2. The van der Waals surface area contributed by atoms with Crippen LogP contribution in [0.1, 0.15) is 75.6 Å². The molecule has 232 valence electrons. The monoisotopic (exact) mass is 617 g/mol. The number of nitrogens with zero attached hydrogens (tertiary/aromatic N) is 3. The molecule has 3 aromatic rings. The van der Waals surface area contributed by atoms with Crippen molar-refractivity contribution in [3.05, 3.63) is 63.7 Å². The van der Waals surface area contributed by atoms with E-state index < -0.39 is 33.5 Å². The Kier molecular flexibility index (Phi) is 8.23. The Morgan fingerprint density at radius 3 is 2.53 bits per heavy atom. The van der Waals surface area contributed by atoms with Crippen molar-refractivity contribution >= 4 is 32.8 Å². The van der Waals surface area contributed by atoms with Gasteiger partial charge in [0, 0.05) is 42.6 Å². The average Bonchev–Trinajstić information content (AvgIpc) is 2.89. The highest BCUT2D eigenvalue weighted by molar-refractivity contribution is 7.91. The van der Waals surface area contributed by atoms with Gasteiger partial charge in [-0.3, -0.25) is 4.79 Å². The van der Waals surface area contributed by atoms with Crippen LogP contribution in [-0.2, 0) is 20.5 Å². The SMILES string of the molecule is C[C@@H](Nc1ncnc2[nH]c(=O)c(C3CCS(=O)(=O)CC3)cc12)c1cccc(C(F)(F)CC2CN(C(=O)OC(C)(C)C)C2)c1. The molecule has 4 heterocycles. The molecule has 2 N–H and O–H groups in total. The molecule has 0 aliphatic carbocycles. The van der Waals surface area contributed by atoms with Gasteiger partial charge in [-0.15, -0.1) is 0 Å². The molecule has 5 rings (SSSR count). The first kappa shape index (κ1) is 30.8. The summed E-state index contributed by atoms with van der Waals surface area (Å²) in [5.74, 6) is -3.14. The number of likely N-dealkylation sites (tertiary alicyclic amines) is 1. The number of fused-ring (bicyclic) bond motifs is 1. The number of hydrogen-bond acceptors (Lipinski definition) is 8. The maximum Gasteiger partial charge on any atom is 0.410 e. The van der Waals surface area contributed by atoms with Gasteiger partial charge >= 0.3 is 6.09 Å². The minimum Gasteiger partial charge on any atom is -0.444 e. The Morgan fingerprint density at radius 2 is 1.86 bits per heavy atom. The highest BCUT2D eigenvalue weighted by atomic mass is 32.2. The van der Waals surface area contributed by atoms with Gasteiger partial charge in [0.25, 0.3) is 11.5 Å². The second-order valence-corrected chi connectivity index (χ2v) is 14.9. The molecule has 0 spiro atoms. The first-order valence-electron chi connectivity index (χ1n) is 14.4. The van der Waals surface area contributed by atoms with E-state index in [-0.39, 0.29) is 54.0 Å². The van der Waals surface area contributed by atoms with Crippen LogP contribution in [0.4, 0.5) is 19.4 Å². The third-order valence-corrected chi connectivity index (χ3v) is 9.70. The third-order valence-electron chi connectivity index (χ3n) is 7.99. The standard InChI is InChI=1S/C30H37F2N5O5S/c1-18(21-6-5-7-22(12-21)30(31,32)14-19-15-37(16-19)28(39)42-29(2,3)4)35-25-24-13-23(20-8-10-43(40,41)11-9-20)27(38)36-26(24)34-17-33-25/h5-7,12-13,17-20H,8-11,14-16H2,1-4H3,(H2,33,34,35,36,38)/t18-/m1/s1. The molecule has 1 aromatic carbocycles. The molecule has 2 saturated heterocycles. The van der Waals surface area contributed by atoms with Gasteiger partial charge in [-0.1, -0.05) is 18.2 Å². The van der Waals surface area contributed by atoms with Crippen LogP contribution in [-0.4, -0.2) is 64.6 Å². The van der Waals surface area contributed by atoms with Crippen LogP contribution in [0, 0.1) is 5.92 Å². The quantitative estimate of drug-likeness (QED) is 0.373. The number of amides is 1. The van der Waals surface area contributed by atoms with Gasteiger partial charge in [-0.2, -0.15) is 0 Å². The highest BCUT2D eigenvalue weighted by Gasteiger charge is 2.42. The number of H-pyrrole nitrogens is 1. The maximum absolute atomic E-state index is 15.4. The molecule has 0 bridgehead atoms. The Balaban J connectivity index is 1.29. The normalized spacial score (nSPS) is 18.7. The molecule has 43 heavy (non-hydrogen) atoms. The second kappa shape index (κ2) is 11.5. The number of anilines is 1. The average molecular weight is 618 g/mol. The van der Waals surface area contributed by atoms with Crippen molar-refractivity contribution < 1.29 is 26.7 Å². The first-order valence-corrected chi connectivity index (χ1v) is 16.2. The topological polar surface area (TPSA) is 134 Å². The van der Waals surface area contributed by atoms with Gasteiger partial charge in [0.2, 0.25) is 0 Å². The Bertz CT molecular complexity index is 1670. The summed E-state index contributed by atoms with van der Waals surface area (Å²) in [6.07, 6.45) is 1.17. The van der Waals surface area contributed by atoms with E-state index in [9.17, 15) is 18.0 Å². The fraction of sp³-hybridized carbons (Fsp3) is 0.533. The van der Waals surface area contributed by atoms with Gasteiger partial charge in [-0.25, -0.2) is 32.0 Å². The van der Waals surface area contributed by atoms with Crippen LogP contribution in [0.25, 0.3) is 11.0 Å². The number of rotatable bonds is 7. The predicted molar refractivity (Wildman–Crippen MR) is 159 cm³/mol. The summed E-state index contributed by atoms with van der Waals surface area (Å²) in [7, 11) is -3.09. The van der Waals surface area contributed by atoms with E-state index in [1.54, 1.807) is 39.0 Å². The molecule has 0 radical (unpaired) electrons. The molecular formula is C30H37F2N5O5S. The van der Waals surface area contributed by atoms with Gasteiger partial charge in [0.1, 0.15) is 33.2 Å². The molecule has 1 atom stereocenters.